The Balaban J connectivity index is 3.15. The third kappa shape index (κ3) is 4.84. The highest BCUT2D eigenvalue weighted by molar-refractivity contribution is 9.10. The highest BCUT2D eigenvalue weighted by Gasteiger charge is 2.27. The number of nitrogens with one attached hydrogen (secondary N) is 1. The van der Waals surface area contributed by atoms with Crippen molar-refractivity contribution in [3.05, 3.63) is 21.6 Å². The van der Waals surface area contributed by atoms with E-state index in [0.717, 1.165) is 6.42 Å². The van der Waals surface area contributed by atoms with Crippen LogP contribution < -0.4 is 9.46 Å². The first-order valence-electron chi connectivity index (χ1n) is 6.51. The third-order valence-corrected chi connectivity index (χ3v) is 5.66. The van der Waals surface area contributed by atoms with E-state index in [-0.39, 0.29) is 26.6 Å². The van der Waals surface area contributed by atoms with Gasteiger partial charge in [-0.15, -0.1) is 0 Å². The molecule has 1 aromatic rings. The predicted octanol–water partition coefficient (Wildman–Crippen LogP) is 3.03. The first kappa shape index (κ1) is 19.2. The smallest absolute Gasteiger partial charge is 0.321 e. The molecular weight excluding hydrogens is 398 g/mol. The molecule has 0 aliphatic rings. The highest BCUT2D eigenvalue weighted by Crippen LogP contribution is 2.33. The van der Waals surface area contributed by atoms with E-state index in [0.29, 0.717) is 6.42 Å². The largest absolute Gasteiger partial charge is 0.495 e. The fourth-order valence-corrected chi connectivity index (χ4v) is 4.42. The number of hydrogen-bond donors (Lipinski definition) is 2. The molecule has 0 aliphatic heterocycles. The Morgan fingerprint density at radius 3 is 2.64 bits per heavy atom. The minimum atomic E-state index is -4.03. The Morgan fingerprint density at radius 1 is 1.50 bits per heavy atom. The maximum Gasteiger partial charge on any atom is 0.321 e. The fourth-order valence-electron chi connectivity index (χ4n) is 1.76. The van der Waals surface area contributed by atoms with E-state index in [1.165, 1.54) is 19.2 Å². The summed E-state index contributed by atoms with van der Waals surface area (Å²) in [6.45, 7) is 1.90. The molecule has 0 aliphatic carbocycles. The zero-order chi connectivity index (χ0) is 16.9. The summed E-state index contributed by atoms with van der Waals surface area (Å²) in [5, 5.41) is 9.38. The molecular formula is C13H17BrClNO5S. The van der Waals surface area contributed by atoms with E-state index < -0.39 is 22.0 Å². The lowest BCUT2D eigenvalue weighted by Crippen LogP contribution is -2.40. The maximum absolute atomic E-state index is 12.4. The molecule has 0 spiro atoms. The first-order valence-corrected chi connectivity index (χ1v) is 9.16. The number of sulfonamides is 1. The summed E-state index contributed by atoms with van der Waals surface area (Å²) in [5.74, 6) is -1.03. The van der Waals surface area contributed by atoms with Crippen molar-refractivity contribution >= 4 is 43.5 Å². The van der Waals surface area contributed by atoms with Crippen LogP contribution in [0.4, 0.5) is 0 Å². The Hall–Kier alpha value is -0.830. The number of carbonyl (C=O) groups is 1. The first-order chi connectivity index (χ1) is 10.2. The van der Waals surface area contributed by atoms with Gasteiger partial charge in [0.1, 0.15) is 11.8 Å². The summed E-state index contributed by atoms with van der Waals surface area (Å²) in [7, 11) is -2.67. The number of carboxylic acids is 1. The van der Waals surface area contributed by atoms with Gasteiger partial charge in [0.25, 0.3) is 0 Å². The van der Waals surface area contributed by atoms with Crippen LogP contribution in [0.5, 0.6) is 5.75 Å². The number of rotatable bonds is 8. The van der Waals surface area contributed by atoms with Crippen LogP contribution in [0.2, 0.25) is 5.02 Å². The molecule has 6 nitrogen and oxygen atoms in total. The molecule has 0 unspecified atom stereocenters. The second-order valence-corrected chi connectivity index (χ2v) is 7.52. The SMILES string of the molecule is CCCC[C@@H](NS(=O)(=O)c1cc(OC)c(Cl)cc1Br)C(=O)O. The van der Waals surface area contributed by atoms with Crippen molar-refractivity contribution in [3.63, 3.8) is 0 Å². The van der Waals surface area contributed by atoms with Gasteiger partial charge in [0, 0.05) is 10.5 Å². The van der Waals surface area contributed by atoms with Crippen LogP contribution in [0.3, 0.4) is 0 Å². The van der Waals surface area contributed by atoms with E-state index in [9.17, 15) is 13.2 Å². The summed E-state index contributed by atoms with van der Waals surface area (Å²) in [6, 6.07) is 1.45. The molecule has 1 rings (SSSR count). The number of ether oxygens (including phenoxy) is 1. The molecule has 0 aromatic heterocycles. The van der Waals surface area contributed by atoms with Crippen LogP contribution in [0.15, 0.2) is 21.5 Å². The molecule has 9 heteroatoms. The molecule has 0 heterocycles. The lowest BCUT2D eigenvalue weighted by molar-refractivity contribution is -0.139. The zero-order valence-electron chi connectivity index (χ0n) is 12.1. The van der Waals surface area contributed by atoms with Gasteiger partial charge in [-0.1, -0.05) is 31.4 Å². The van der Waals surface area contributed by atoms with Crippen LogP contribution >= 0.6 is 27.5 Å². The van der Waals surface area contributed by atoms with Crippen molar-refractivity contribution in [2.75, 3.05) is 7.11 Å². The number of benzene rings is 1. The van der Waals surface area contributed by atoms with Crippen molar-refractivity contribution in [3.8, 4) is 5.75 Å². The van der Waals surface area contributed by atoms with E-state index in [1.807, 2.05) is 6.92 Å². The Kier molecular flexibility index (Phi) is 7.11. The van der Waals surface area contributed by atoms with Gasteiger partial charge in [-0.2, -0.15) is 4.72 Å². The molecule has 0 amide bonds. The minimum absolute atomic E-state index is 0.128. The zero-order valence-corrected chi connectivity index (χ0v) is 15.3. The van der Waals surface area contributed by atoms with E-state index in [4.69, 9.17) is 21.4 Å². The molecule has 2 N–H and O–H groups in total. The van der Waals surface area contributed by atoms with Crippen molar-refractivity contribution < 1.29 is 23.1 Å². The number of methoxy groups -OCH3 is 1. The number of carboxylic acid groups (broad SMARTS) is 1. The van der Waals surface area contributed by atoms with Gasteiger partial charge in [0.2, 0.25) is 10.0 Å². The Labute approximate surface area is 143 Å². The van der Waals surface area contributed by atoms with Gasteiger partial charge in [0.05, 0.1) is 17.0 Å². The van der Waals surface area contributed by atoms with Crippen LogP contribution in [0, 0.1) is 0 Å². The second-order valence-electron chi connectivity index (χ2n) is 4.57. The number of aliphatic carboxylic acids is 1. The molecule has 0 saturated heterocycles. The van der Waals surface area contributed by atoms with Gasteiger partial charge in [-0.05, 0) is 28.4 Å². The summed E-state index contributed by atoms with van der Waals surface area (Å²) < 4.78 is 32.2. The van der Waals surface area contributed by atoms with E-state index >= 15 is 0 Å². The molecule has 1 aromatic carbocycles. The molecule has 0 bridgehead atoms. The van der Waals surface area contributed by atoms with Crippen molar-refractivity contribution in [1.29, 1.82) is 0 Å². The standard InChI is InChI=1S/C13H17BrClNO5S/c1-3-4-5-10(13(17)18)16-22(19,20)12-7-11(21-2)9(15)6-8(12)14/h6-7,10,16H,3-5H2,1-2H3,(H,17,18)/t10-/m1/s1. The van der Waals surface area contributed by atoms with Crippen molar-refractivity contribution in [1.82, 2.24) is 4.72 Å². The number of hydrogen-bond acceptors (Lipinski definition) is 4. The fraction of sp³-hybridized carbons (Fsp3) is 0.462. The minimum Gasteiger partial charge on any atom is -0.495 e. The Bertz CT molecular complexity index is 650. The quantitative estimate of drug-likeness (QED) is 0.682. The van der Waals surface area contributed by atoms with E-state index in [1.54, 1.807) is 0 Å². The average Bonchev–Trinajstić information content (AvgIpc) is 2.42. The summed E-state index contributed by atoms with van der Waals surface area (Å²) >= 11 is 9.03. The van der Waals surface area contributed by atoms with Crippen molar-refractivity contribution in [2.24, 2.45) is 0 Å². The molecule has 0 fully saturated rings. The Morgan fingerprint density at radius 2 is 2.14 bits per heavy atom. The molecule has 1 atom stereocenters. The molecule has 0 radical (unpaired) electrons. The van der Waals surface area contributed by atoms with Crippen LogP contribution in [-0.2, 0) is 14.8 Å². The predicted molar refractivity (Wildman–Crippen MR) is 87.0 cm³/mol. The van der Waals surface area contributed by atoms with Gasteiger partial charge in [0.15, 0.2) is 0 Å². The van der Waals surface area contributed by atoms with Crippen LogP contribution in [-0.4, -0.2) is 32.6 Å². The lowest BCUT2D eigenvalue weighted by Gasteiger charge is -2.16. The van der Waals surface area contributed by atoms with Crippen LogP contribution in [0.25, 0.3) is 0 Å². The van der Waals surface area contributed by atoms with Crippen LogP contribution in [0.1, 0.15) is 26.2 Å². The van der Waals surface area contributed by atoms with Gasteiger partial charge < -0.3 is 9.84 Å². The second kappa shape index (κ2) is 8.14. The lowest BCUT2D eigenvalue weighted by atomic mass is 10.1. The topological polar surface area (TPSA) is 92.7 Å². The normalized spacial score (nSPS) is 12.9. The van der Waals surface area contributed by atoms with Crippen molar-refractivity contribution in [2.45, 2.75) is 37.1 Å². The molecule has 124 valence electrons. The maximum atomic E-state index is 12.4. The van der Waals surface area contributed by atoms with Gasteiger partial charge in [-0.25, -0.2) is 8.42 Å². The van der Waals surface area contributed by atoms with Gasteiger partial charge in [-0.3, -0.25) is 4.79 Å². The summed E-state index contributed by atoms with van der Waals surface area (Å²) in [6.07, 6.45) is 1.59. The molecule has 0 saturated carbocycles. The molecule has 22 heavy (non-hydrogen) atoms. The highest BCUT2D eigenvalue weighted by atomic mass is 79.9. The summed E-state index contributed by atoms with van der Waals surface area (Å²) in [4.78, 5) is 11.1. The number of unbranched alkanes of at least 4 members (excludes halogenated alkanes) is 1. The average molecular weight is 415 g/mol. The van der Waals surface area contributed by atoms with E-state index in [2.05, 4.69) is 20.7 Å². The third-order valence-electron chi connectivity index (χ3n) is 2.94. The summed E-state index contributed by atoms with van der Waals surface area (Å²) in [5.41, 5.74) is 0. The number of halogens is 2. The van der Waals surface area contributed by atoms with Gasteiger partial charge >= 0.3 is 5.97 Å². The monoisotopic (exact) mass is 413 g/mol.